The fourth-order valence-electron chi connectivity index (χ4n) is 2.59. The highest BCUT2D eigenvalue weighted by atomic mass is 16.6. The molecule has 5 nitrogen and oxygen atoms in total. The van der Waals surface area contributed by atoms with Crippen molar-refractivity contribution < 1.29 is 14.6 Å². The number of rotatable bonds is 6. The molecule has 0 saturated carbocycles. The normalized spacial score (nSPS) is 17.3. The molecule has 1 heterocycles. The van der Waals surface area contributed by atoms with Crippen LogP contribution in [-0.2, 0) is 11.3 Å². The summed E-state index contributed by atoms with van der Waals surface area (Å²) >= 11 is 0. The average molecular weight is 306 g/mol. The van der Waals surface area contributed by atoms with Gasteiger partial charge in [0, 0.05) is 19.6 Å². The van der Waals surface area contributed by atoms with Crippen LogP contribution in [0, 0.1) is 0 Å². The number of amides is 1. The fourth-order valence-corrected chi connectivity index (χ4v) is 2.59. The van der Waals surface area contributed by atoms with Gasteiger partial charge < -0.3 is 20.1 Å². The van der Waals surface area contributed by atoms with Crippen LogP contribution in [0.15, 0.2) is 30.3 Å². The van der Waals surface area contributed by atoms with Crippen LogP contribution < -0.4 is 5.32 Å². The number of piperidine rings is 1. The Labute approximate surface area is 132 Å². The van der Waals surface area contributed by atoms with Crippen LogP contribution in [0.3, 0.4) is 0 Å². The first-order valence-corrected chi connectivity index (χ1v) is 8.02. The van der Waals surface area contributed by atoms with Crippen LogP contribution in [0.25, 0.3) is 0 Å². The Bertz CT molecular complexity index is 456. The highest BCUT2D eigenvalue weighted by molar-refractivity contribution is 5.67. The molecule has 1 aliphatic rings. The quantitative estimate of drug-likeness (QED) is 0.791. The SMILES string of the molecule is CCCNCC1(O)CCN(C(=O)OCc2ccccc2)CC1. The first kappa shape index (κ1) is 16.8. The second kappa shape index (κ2) is 8.15. The lowest BCUT2D eigenvalue weighted by Gasteiger charge is -2.37. The molecule has 1 aromatic rings. The molecule has 1 saturated heterocycles. The third-order valence-corrected chi connectivity index (χ3v) is 4.04. The molecule has 0 spiro atoms. The smallest absolute Gasteiger partial charge is 0.410 e. The van der Waals surface area contributed by atoms with Gasteiger partial charge in [-0.2, -0.15) is 0 Å². The molecule has 122 valence electrons. The van der Waals surface area contributed by atoms with E-state index in [1.165, 1.54) is 0 Å². The molecule has 0 aliphatic carbocycles. The first-order chi connectivity index (χ1) is 10.6. The lowest BCUT2D eigenvalue weighted by atomic mass is 9.91. The number of carbonyl (C=O) groups excluding carboxylic acids is 1. The predicted octanol–water partition coefficient (Wildman–Crippen LogP) is 2.15. The highest BCUT2D eigenvalue weighted by Crippen LogP contribution is 2.22. The van der Waals surface area contributed by atoms with Crippen molar-refractivity contribution in [2.75, 3.05) is 26.2 Å². The Morgan fingerprint density at radius 3 is 2.64 bits per heavy atom. The summed E-state index contributed by atoms with van der Waals surface area (Å²) in [6, 6.07) is 9.65. The molecule has 0 aromatic heterocycles. The van der Waals surface area contributed by atoms with Crippen LogP contribution in [0.4, 0.5) is 4.79 Å². The lowest BCUT2D eigenvalue weighted by Crippen LogP contribution is -2.51. The molecule has 22 heavy (non-hydrogen) atoms. The number of nitrogens with one attached hydrogen (secondary N) is 1. The Morgan fingerprint density at radius 2 is 2.00 bits per heavy atom. The Kier molecular flexibility index (Phi) is 6.21. The van der Waals surface area contributed by atoms with E-state index >= 15 is 0 Å². The zero-order valence-electron chi connectivity index (χ0n) is 13.3. The van der Waals surface area contributed by atoms with E-state index in [9.17, 15) is 9.90 Å². The summed E-state index contributed by atoms with van der Waals surface area (Å²) in [5.41, 5.74) is 0.277. The lowest BCUT2D eigenvalue weighted by molar-refractivity contribution is -0.0197. The van der Waals surface area contributed by atoms with Crippen LogP contribution >= 0.6 is 0 Å². The van der Waals surface area contributed by atoms with Crippen molar-refractivity contribution in [1.29, 1.82) is 0 Å². The van der Waals surface area contributed by atoms with Crippen molar-refractivity contribution in [1.82, 2.24) is 10.2 Å². The number of carbonyl (C=O) groups is 1. The molecular formula is C17H26N2O3. The minimum atomic E-state index is -0.703. The third kappa shape index (κ3) is 5.00. The second-order valence-electron chi connectivity index (χ2n) is 5.93. The molecular weight excluding hydrogens is 280 g/mol. The summed E-state index contributed by atoms with van der Waals surface area (Å²) < 4.78 is 5.32. The van der Waals surface area contributed by atoms with E-state index in [1.807, 2.05) is 30.3 Å². The molecule has 0 unspecified atom stereocenters. The van der Waals surface area contributed by atoms with Gasteiger partial charge in [0.1, 0.15) is 6.61 Å². The zero-order chi connectivity index (χ0) is 15.8. The van der Waals surface area contributed by atoms with Gasteiger partial charge in [-0.3, -0.25) is 0 Å². The third-order valence-electron chi connectivity index (χ3n) is 4.04. The van der Waals surface area contributed by atoms with Crippen molar-refractivity contribution in [2.24, 2.45) is 0 Å². The number of nitrogens with zero attached hydrogens (tertiary/aromatic N) is 1. The number of hydrogen-bond donors (Lipinski definition) is 2. The Hall–Kier alpha value is -1.59. The van der Waals surface area contributed by atoms with Crippen LogP contribution in [0.5, 0.6) is 0 Å². The van der Waals surface area contributed by atoms with Gasteiger partial charge in [-0.15, -0.1) is 0 Å². The van der Waals surface area contributed by atoms with Crippen LogP contribution in [0.2, 0.25) is 0 Å². The van der Waals surface area contributed by atoms with E-state index in [1.54, 1.807) is 4.90 Å². The summed E-state index contributed by atoms with van der Waals surface area (Å²) in [4.78, 5) is 13.7. The number of aliphatic hydroxyl groups is 1. The van der Waals surface area contributed by atoms with Crippen molar-refractivity contribution in [3.8, 4) is 0 Å². The van der Waals surface area contributed by atoms with Gasteiger partial charge in [0.15, 0.2) is 0 Å². The van der Waals surface area contributed by atoms with Gasteiger partial charge in [-0.25, -0.2) is 4.79 Å². The van der Waals surface area contributed by atoms with Gasteiger partial charge >= 0.3 is 6.09 Å². The van der Waals surface area contributed by atoms with E-state index in [0.717, 1.165) is 18.5 Å². The number of ether oxygens (including phenoxy) is 1. The van der Waals surface area contributed by atoms with Gasteiger partial charge in [-0.1, -0.05) is 37.3 Å². The molecule has 2 N–H and O–H groups in total. The molecule has 1 amide bonds. The van der Waals surface area contributed by atoms with Crippen LogP contribution in [-0.4, -0.2) is 47.9 Å². The summed E-state index contributed by atoms with van der Waals surface area (Å²) in [5, 5.41) is 13.7. The highest BCUT2D eigenvalue weighted by Gasteiger charge is 2.33. The zero-order valence-corrected chi connectivity index (χ0v) is 13.3. The first-order valence-electron chi connectivity index (χ1n) is 8.02. The summed E-state index contributed by atoms with van der Waals surface area (Å²) in [6.45, 7) is 4.97. The van der Waals surface area contributed by atoms with E-state index < -0.39 is 5.60 Å². The molecule has 5 heteroatoms. The van der Waals surface area contributed by atoms with Gasteiger partial charge in [0.2, 0.25) is 0 Å². The standard InChI is InChI=1S/C17H26N2O3/c1-2-10-18-14-17(21)8-11-19(12-9-17)16(20)22-13-15-6-4-3-5-7-15/h3-7,18,21H,2,8-14H2,1H3. The summed E-state index contributed by atoms with van der Waals surface area (Å²) in [5.74, 6) is 0. The Morgan fingerprint density at radius 1 is 1.32 bits per heavy atom. The average Bonchev–Trinajstić information content (AvgIpc) is 2.54. The molecule has 1 fully saturated rings. The molecule has 1 aliphatic heterocycles. The van der Waals surface area contributed by atoms with Crippen molar-refractivity contribution in [3.63, 3.8) is 0 Å². The maximum atomic E-state index is 12.0. The number of benzene rings is 1. The van der Waals surface area contributed by atoms with E-state index in [4.69, 9.17) is 4.74 Å². The van der Waals surface area contributed by atoms with Gasteiger partial charge in [-0.05, 0) is 31.4 Å². The molecule has 0 bridgehead atoms. The molecule has 0 atom stereocenters. The maximum Gasteiger partial charge on any atom is 0.410 e. The summed E-state index contributed by atoms with van der Waals surface area (Å²) in [7, 11) is 0. The second-order valence-corrected chi connectivity index (χ2v) is 5.93. The monoisotopic (exact) mass is 306 g/mol. The molecule has 2 rings (SSSR count). The molecule has 1 aromatic carbocycles. The van der Waals surface area contributed by atoms with Crippen molar-refractivity contribution in [2.45, 2.75) is 38.4 Å². The van der Waals surface area contributed by atoms with Crippen molar-refractivity contribution >= 4 is 6.09 Å². The van der Waals surface area contributed by atoms with E-state index in [-0.39, 0.29) is 6.09 Å². The van der Waals surface area contributed by atoms with Gasteiger partial charge in [0.05, 0.1) is 5.60 Å². The van der Waals surface area contributed by atoms with Crippen molar-refractivity contribution in [3.05, 3.63) is 35.9 Å². The number of likely N-dealkylation sites (tertiary alicyclic amines) is 1. The predicted molar refractivity (Wildman–Crippen MR) is 85.5 cm³/mol. The Balaban J connectivity index is 1.72. The minimum Gasteiger partial charge on any atom is -0.445 e. The maximum absolute atomic E-state index is 12.0. The topological polar surface area (TPSA) is 61.8 Å². The van der Waals surface area contributed by atoms with Crippen LogP contribution in [0.1, 0.15) is 31.7 Å². The summed E-state index contributed by atoms with van der Waals surface area (Å²) in [6.07, 6.45) is 1.93. The van der Waals surface area contributed by atoms with E-state index in [2.05, 4.69) is 12.2 Å². The minimum absolute atomic E-state index is 0.290. The fraction of sp³-hybridized carbons (Fsp3) is 0.588. The van der Waals surface area contributed by atoms with E-state index in [0.29, 0.717) is 39.1 Å². The molecule has 0 radical (unpaired) electrons. The number of hydrogen-bond acceptors (Lipinski definition) is 4. The van der Waals surface area contributed by atoms with Gasteiger partial charge in [0.25, 0.3) is 0 Å². The largest absolute Gasteiger partial charge is 0.445 e.